The lowest BCUT2D eigenvalue weighted by Crippen LogP contribution is -2.36. The van der Waals surface area contributed by atoms with E-state index < -0.39 is 5.97 Å². The van der Waals surface area contributed by atoms with Crippen LogP contribution in [-0.2, 0) is 11.4 Å². The number of carboxylic acids is 1. The minimum Gasteiger partial charge on any atom is -0.480 e. The van der Waals surface area contributed by atoms with Crippen LogP contribution in [0.15, 0.2) is 24.3 Å². The molecule has 1 aromatic rings. The second-order valence-corrected chi connectivity index (χ2v) is 5.17. The van der Waals surface area contributed by atoms with Gasteiger partial charge in [-0.25, -0.2) is 0 Å². The van der Waals surface area contributed by atoms with E-state index in [0.717, 1.165) is 12.0 Å². The predicted octanol–water partition coefficient (Wildman–Crippen LogP) is 0.411. The quantitative estimate of drug-likeness (QED) is 0.840. The number of hydrogen-bond donors (Lipinski definition) is 2. The second-order valence-electron chi connectivity index (χ2n) is 5.17. The number of carbonyl (C=O) groups excluding carboxylic acids is 1. The highest BCUT2D eigenvalue weighted by Gasteiger charge is 2.21. The number of amides is 1. The molecule has 114 valence electrons. The zero-order valence-electron chi connectivity index (χ0n) is 11.9. The van der Waals surface area contributed by atoms with Crippen molar-refractivity contribution in [3.63, 3.8) is 0 Å². The van der Waals surface area contributed by atoms with Crippen molar-refractivity contribution in [2.75, 3.05) is 32.7 Å². The predicted molar refractivity (Wildman–Crippen MR) is 77.0 cm³/mol. The molecule has 6 heteroatoms. The van der Waals surface area contributed by atoms with Crippen molar-refractivity contribution in [1.29, 1.82) is 0 Å². The smallest absolute Gasteiger partial charge is 0.317 e. The average molecular weight is 292 g/mol. The Morgan fingerprint density at radius 2 is 1.76 bits per heavy atom. The molecule has 1 fully saturated rings. The molecule has 0 atom stereocenters. The van der Waals surface area contributed by atoms with E-state index in [2.05, 4.69) is 0 Å². The highest BCUT2D eigenvalue weighted by molar-refractivity contribution is 5.94. The highest BCUT2D eigenvalue weighted by atomic mass is 16.4. The topological polar surface area (TPSA) is 81.1 Å². The molecule has 0 spiro atoms. The molecule has 1 amide bonds. The van der Waals surface area contributed by atoms with E-state index >= 15 is 0 Å². The maximum atomic E-state index is 12.4. The Morgan fingerprint density at radius 1 is 1.05 bits per heavy atom. The summed E-state index contributed by atoms with van der Waals surface area (Å²) in [6, 6.07) is 6.91. The van der Waals surface area contributed by atoms with Gasteiger partial charge in [0, 0.05) is 31.7 Å². The van der Waals surface area contributed by atoms with Crippen LogP contribution in [-0.4, -0.2) is 64.6 Å². The van der Waals surface area contributed by atoms with E-state index in [1.54, 1.807) is 29.2 Å². The zero-order valence-corrected chi connectivity index (χ0v) is 11.9. The van der Waals surface area contributed by atoms with E-state index in [4.69, 9.17) is 10.2 Å². The summed E-state index contributed by atoms with van der Waals surface area (Å²) in [5.41, 5.74) is 1.37. The SMILES string of the molecule is O=C(O)CN1CCCN(C(=O)c2ccc(CO)cc2)CC1. The van der Waals surface area contributed by atoms with Crippen molar-refractivity contribution in [2.24, 2.45) is 0 Å². The van der Waals surface area contributed by atoms with Gasteiger partial charge in [-0.05, 0) is 24.1 Å². The largest absolute Gasteiger partial charge is 0.480 e. The van der Waals surface area contributed by atoms with E-state index in [0.29, 0.717) is 31.7 Å². The number of benzene rings is 1. The molecule has 0 aliphatic carbocycles. The van der Waals surface area contributed by atoms with Crippen LogP contribution in [0, 0.1) is 0 Å². The van der Waals surface area contributed by atoms with Gasteiger partial charge in [0.25, 0.3) is 5.91 Å². The molecule has 1 aliphatic rings. The first kappa shape index (κ1) is 15.5. The molecular weight excluding hydrogens is 272 g/mol. The van der Waals surface area contributed by atoms with Gasteiger partial charge in [0.05, 0.1) is 13.2 Å². The van der Waals surface area contributed by atoms with Crippen LogP contribution >= 0.6 is 0 Å². The van der Waals surface area contributed by atoms with E-state index in [-0.39, 0.29) is 19.1 Å². The number of carboxylic acid groups (broad SMARTS) is 1. The molecule has 6 nitrogen and oxygen atoms in total. The summed E-state index contributed by atoms with van der Waals surface area (Å²) in [7, 11) is 0. The average Bonchev–Trinajstić information content (AvgIpc) is 2.71. The first-order chi connectivity index (χ1) is 10.1. The molecule has 1 heterocycles. The van der Waals surface area contributed by atoms with Gasteiger partial charge in [-0.2, -0.15) is 0 Å². The fourth-order valence-electron chi connectivity index (χ4n) is 2.46. The molecule has 0 aromatic heterocycles. The van der Waals surface area contributed by atoms with Gasteiger partial charge in [-0.15, -0.1) is 0 Å². The summed E-state index contributed by atoms with van der Waals surface area (Å²) in [6.45, 7) is 2.42. The van der Waals surface area contributed by atoms with Gasteiger partial charge in [-0.3, -0.25) is 14.5 Å². The first-order valence-corrected chi connectivity index (χ1v) is 7.03. The molecule has 1 aromatic carbocycles. The fourth-order valence-corrected chi connectivity index (χ4v) is 2.46. The second kappa shape index (κ2) is 7.19. The van der Waals surface area contributed by atoms with E-state index in [1.807, 2.05) is 4.90 Å². The summed E-state index contributed by atoms with van der Waals surface area (Å²) in [6.07, 6.45) is 0.772. The lowest BCUT2D eigenvalue weighted by molar-refractivity contribution is -0.138. The Kier molecular flexibility index (Phi) is 5.30. The van der Waals surface area contributed by atoms with Crippen molar-refractivity contribution in [1.82, 2.24) is 9.80 Å². The lowest BCUT2D eigenvalue weighted by Gasteiger charge is -2.21. The fraction of sp³-hybridized carbons (Fsp3) is 0.467. The molecule has 0 unspecified atom stereocenters. The Labute approximate surface area is 123 Å². The third-order valence-corrected chi connectivity index (χ3v) is 3.62. The van der Waals surface area contributed by atoms with Gasteiger partial charge in [0.1, 0.15) is 0 Å². The normalized spacial score (nSPS) is 16.5. The summed E-state index contributed by atoms with van der Waals surface area (Å²) in [5.74, 6) is -0.883. The minimum atomic E-state index is -0.839. The third-order valence-electron chi connectivity index (χ3n) is 3.62. The Morgan fingerprint density at radius 3 is 2.38 bits per heavy atom. The molecule has 1 saturated heterocycles. The number of aliphatic hydroxyl groups is 1. The molecule has 0 saturated carbocycles. The monoisotopic (exact) mass is 292 g/mol. The maximum Gasteiger partial charge on any atom is 0.317 e. The van der Waals surface area contributed by atoms with Crippen LogP contribution < -0.4 is 0 Å². The molecular formula is C15H20N2O4. The summed E-state index contributed by atoms with van der Waals surface area (Å²) >= 11 is 0. The number of aliphatic carboxylic acids is 1. The summed E-state index contributed by atoms with van der Waals surface area (Å²) < 4.78 is 0. The van der Waals surface area contributed by atoms with Gasteiger partial charge >= 0.3 is 5.97 Å². The van der Waals surface area contributed by atoms with Crippen LogP contribution in [0.4, 0.5) is 0 Å². The third kappa shape index (κ3) is 4.27. The van der Waals surface area contributed by atoms with Crippen LogP contribution in [0.5, 0.6) is 0 Å². The van der Waals surface area contributed by atoms with Crippen molar-refractivity contribution in [2.45, 2.75) is 13.0 Å². The van der Waals surface area contributed by atoms with Crippen LogP contribution in [0.1, 0.15) is 22.3 Å². The zero-order chi connectivity index (χ0) is 15.2. The summed E-state index contributed by atoms with van der Waals surface area (Å²) in [5, 5.41) is 17.8. The Bertz CT molecular complexity index is 501. The van der Waals surface area contributed by atoms with Crippen LogP contribution in [0.2, 0.25) is 0 Å². The minimum absolute atomic E-state index is 0.0211. The van der Waals surface area contributed by atoms with Crippen LogP contribution in [0.3, 0.4) is 0 Å². The van der Waals surface area contributed by atoms with Gasteiger partial charge in [-0.1, -0.05) is 12.1 Å². The molecule has 21 heavy (non-hydrogen) atoms. The maximum absolute atomic E-state index is 12.4. The van der Waals surface area contributed by atoms with Crippen molar-refractivity contribution in [3.05, 3.63) is 35.4 Å². The Hall–Kier alpha value is -1.92. The molecule has 1 aliphatic heterocycles. The molecule has 0 bridgehead atoms. The standard InChI is InChI=1S/C15H20N2O4/c18-11-12-2-4-13(5-3-12)15(21)17-7-1-6-16(8-9-17)10-14(19)20/h2-5,18H,1,6-11H2,(H,19,20). The van der Waals surface area contributed by atoms with E-state index in [1.165, 1.54) is 0 Å². The van der Waals surface area contributed by atoms with Gasteiger partial charge < -0.3 is 15.1 Å². The first-order valence-electron chi connectivity index (χ1n) is 7.03. The molecule has 0 radical (unpaired) electrons. The Balaban J connectivity index is 1.97. The summed E-state index contributed by atoms with van der Waals surface area (Å²) in [4.78, 5) is 26.8. The number of nitrogens with zero attached hydrogens (tertiary/aromatic N) is 2. The highest BCUT2D eigenvalue weighted by Crippen LogP contribution is 2.11. The lowest BCUT2D eigenvalue weighted by atomic mass is 10.1. The van der Waals surface area contributed by atoms with Crippen molar-refractivity contribution in [3.8, 4) is 0 Å². The molecule has 2 rings (SSSR count). The molecule has 2 N–H and O–H groups in total. The van der Waals surface area contributed by atoms with Gasteiger partial charge in [0.15, 0.2) is 0 Å². The number of carbonyl (C=O) groups is 2. The van der Waals surface area contributed by atoms with Crippen molar-refractivity contribution >= 4 is 11.9 Å². The van der Waals surface area contributed by atoms with E-state index in [9.17, 15) is 9.59 Å². The van der Waals surface area contributed by atoms with Gasteiger partial charge in [0.2, 0.25) is 0 Å². The van der Waals surface area contributed by atoms with Crippen LogP contribution in [0.25, 0.3) is 0 Å². The number of rotatable bonds is 4. The number of hydrogen-bond acceptors (Lipinski definition) is 4. The number of aliphatic hydroxyl groups excluding tert-OH is 1. The van der Waals surface area contributed by atoms with Crippen molar-refractivity contribution < 1.29 is 19.8 Å².